The molecule has 7 nitrogen and oxygen atoms in total. The van der Waals surface area contributed by atoms with Crippen LogP contribution >= 0.6 is 0 Å². The molecule has 7 rings (SSSR count). The van der Waals surface area contributed by atoms with Crippen LogP contribution in [-0.4, -0.2) is 68.6 Å². The molecule has 3 N–H and O–H groups in total. The van der Waals surface area contributed by atoms with E-state index >= 15 is 0 Å². The van der Waals surface area contributed by atoms with Crippen LogP contribution in [0.15, 0.2) is 12.2 Å². The molecule has 0 bridgehead atoms. The summed E-state index contributed by atoms with van der Waals surface area (Å²) < 4.78 is 18.2. The van der Waals surface area contributed by atoms with Gasteiger partial charge in [0.15, 0.2) is 12.1 Å². The molecule has 0 spiro atoms. The van der Waals surface area contributed by atoms with Crippen LogP contribution < -0.4 is 0 Å². The van der Waals surface area contributed by atoms with Gasteiger partial charge in [-0.2, -0.15) is 0 Å². The lowest BCUT2D eigenvalue weighted by Crippen LogP contribution is -2.67. The molecule has 35 heavy (non-hydrogen) atoms. The highest BCUT2D eigenvalue weighted by atomic mass is 16.7. The summed E-state index contributed by atoms with van der Waals surface area (Å²) in [6.07, 6.45) is 5.07. The van der Waals surface area contributed by atoms with Crippen LogP contribution in [0.1, 0.15) is 66.7 Å². The van der Waals surface area contributed by atoms with E-state index in [4.69, 9.17) is 14.2 Å². The second kappa shape index (κ2) is 6.59. The summed E-state index contributed by atoms with van der Waals surface area (Å²) in [4.78, 5) is 13.3. The van der Waals surface area contributed by atoms with Gasteiger partial charge in [-0.15, -0.1) is 0 Å². The SMILES string of the molecule is C[C@@H]([C@H]1[C@H](O)C[C@H]2[C@@H]3[C@H]4O[C@H]4[C@@]4(O)CC=CC(=O)[C@]4(C)[C@H]3CC[C@]12C)[C@H]1C[C@]2(C)O[C@]2(C)[C@H](O)O1. The second-order valence-electron chi connectivity index (χ2n) is 13.8. The Morgan fingerprint density at radius 2 is 1.86 bits per heavy atom. The molecule has 15 atom stereocenters. The molecular formula is C28H40O7. The van der Waals surface area contributed by atoms with Crippen LogP contribution in [0.4, 0.5) is 0 Å². The number of rotatable bonds is 2. The highest BCUT2D eigenvalue weighted by molar-refractivity contribution is 5.97. The number of fused-ring (bicyclic) bond motifs is 9. The average molecular weight is 489 g/mol. The normalized spacial score (nSPS) is 64.9. The Morgan fingerprint density at radius 1 is 1.11 bits per heavy atom. The number of allylic oxidation sites excluding steroid dienone is 1. The largest absolute Gasteiger partial charge is 0.393 e. The monoisotopic (exact) mass is 488 g/mol. The summed E-state index contributed by atoms with van der Waals surface area (Å²) in [5, 5.41) is 33.9. The van der Waals surface area contributed by atoms with Crippen molar-refractivity contribution in [2.45, 2.75) is 114 Å². The first-order chi connectivity index (χ1) is 16.3. The molecule has 0 aromatic carbocycles. The van der Waals surface area contributed by atoms with E-state index in [2.05, 4.69) is 13.8 Å². The molecule has 0 radical (unpaired) electrons. The predicted molar refractivity (Wildman–Crippen MR) is 125 cm³/mol. The first kappa shape index (κ1) is 23.3. The number of aliphatic hydroxyl groups excluding tert-OH is 2. The Labute approximate surface area is 207 Å². The van der Waals surface area contributed by atoms with Gasteiger partial charge in [-0.3, -0.25) is 4.79 Å². The Morgan fingerprint density at radius 3 is 2.57 bits per heavy atom. The number of carbonyl (C=O) groups excluding carboxylic acids is 1. The van der Waals surface area contributed by atoms with Crippen molar-refractivity contribution in [3.63, 3.8) is 0 Å². The van der Waals surface area contributed by atoms with Gasteiger partial charge >= 0.3 is 0 Å². The van der Waals surface area contributed by atoms with Crippen LogP contribution in [0.5, 0.6) is 0 Å². The molecule has 3 aliphatic heterocycles. The van der Waals surface area contributed by atoms with Crippen LogP contribution in [0.2, 0.25) is 0 Å². The molecule has 7 aliphatic rings. The lowest BCUT2D eigenvalue weighted by molar-refractivity contribution is -0.208. The molecule has 0 aromatic rings. The molecule has 4 aliphatic carbocycles. The van der Waals surface area contributed by atoms with E-state index in [1.54, 1.807) is 12.2 Å². The molecule has 0 aromatic heterocycles. The topological polar surface area (TPSA) is 112 Å². The lowest BCUT2D eigenvalue weighted by Gasteiger charge is -2.60. The number of ketones is 1. The van der Waals surface area contributed by atoms with Crippen LogP contribution in [-0.2, 0) is 19.0 Å². The summed E-state index contributed by atoms with van der Waals surface area (Å²) in [5.41, 5.74) is -3.15. The molecule has 194 valence electrons. The molecule has 7 heteroatoms. The quantitative estimate of drug-likeness (QED) is 0.512. The minimum atomic E-state index is -1.14. The van der Waals surface area contributed by atoms with Gasteiger partial charge in [-0.1, -0.05) is 19.9 Å². The predicted octanol–water partition coefficient (Wildman–Crippen LogP) is 2.35. The molecule has 0 amide bonds. The minimum absolute atomic E-state index is 0.0186. The molecular weight excluding hydrogens is 448 g/mol. The molecule has 6 fully saturated rings. The first-order valence-corrected chi connectivity index (χ1v) is 13.6. The second-order valence-corrected chi connectivity index (χ2v) is 13.8. The van der Waals surface area contributed by atoms with Crippen molar-refractivity contribution in [1.82, 2.24) is 0 Å². The van der Waals surface area contributed by atoms with Crippen molar-refractivity contribution in [2.24, 2.45) is 40.4 Å². The Kier molecular flexibility index (Phi) is 4.39. The zero-order chi connectivity index (χ0) is 24.9. The van der Waals surface area contributed by atoms with Gasteiger partial charge in [0, 0.05) is 6.42 Å². The number of carbonyl (C=O) groups is 1. The van der Waals surface area contributed by atoms with Crippen molar-refractivity contribution >= 4 is 5.78 Å². The number of aliphatic hydroxyl groups is 3. The van der Waals surface area contributed by atoms with E-state index in [1.807, 2.05) is 20.8 Å². The standard InChI is InChI=1S/C28H40O7/c1-13(17-12-25(3)27(5,35-25)23(31)33-17)20-16(29)11-15-19-14(8-10-24(15,20)2)26(4)18(30)7-6-9-28(26,32)22-21(19)34-22/h6-7,13-17,19-23,29,31-32H,8-12H2,1-5H3/t13-,14+,15+,16-,17-,19-,20+,21-,22-,23-,24+,25+,26+,27-,28+/m1/s1. The minimum Gasteiger partial charge on any atom is -0.393 e. The van der Waals surface area contributed by atoms with Crippen LogP contribution in [0, 0.1) is 40.4 Å². The number of ether oxygens (including phenoxy) is 3. The van der Waals surface area contributed by atoms with Crippen molar-refractivity contribution in [1.29, 1.82) is 0 Å². The molecule has 3 heterocycles. The highest BCUT2D eigenvalue weighted by Gasteiger charge is 2.78. The summed E-state index contributed by atoms with van der Waals surface area (Å²) in [5.74, 6) is 0.489. The van der Waals surface area contributed by atoms with Gasteiger partial charge in [-0.25, -0.2) is 0 Å². The van der Waals surface area contributed by atoms with Crippen molar-refractivity contribution in [2.75, 3.05) is 0 Å². The summed E-state index contributed by atoms with van der Waals surface area (Å²) in [7, 11) is 0. The summed E-state index contributed by atoms with van der Waals surface area (Å²) >= 11 is 0. The van der Waals surface area contributed by atoms with Crippen molar-refractivity contribution in [3.8, 4) is 0 Å². The third kappa shape index (κ3) is 2.52. The zero-order valence-corrected chi connectivity index (χ0v) is 21.4. The number of hydrogen-bond donors (Lipinski definition) is 3. The average Bonchev–Trinajstić information content (AvgIpc) is 3.66. The van der Waals surface area contributed by atoms with Gasteiger partial charge in [0.1, 0.15) is 22.9 Å². The molecule has 3 saturated carbocycles. The van der Waals surface area contributed by atoms with Gasteiger partial charge in [0.25, 0.3) is 0 Å². The van der Waals surface area contributed by atoms with Crippen molar-refractivity contribution in [3.05, 3.63) is 12.2 Å². The maximum absolute atomic E-state index is 13.3. The Balaban J connectivity index is 1.20. The fourth-order valence-electron chi connectivity index (χ4n) is 10.3. The highest BCUT2D eigenvalue weighted by Crippen LogP contribution is 2.72. The van der Waals surface area contributed by atoms with Gasteiger partial charge < -0.3 is 29.5 Å². The van der Waals surface area contributed by atoms with E-state index in [0.29, 0.717) is 19.3 Å². The summed E-state index contributed by atoms with van der Waals surface area (Å²) in [6.45, 7) is 10.4. The van der Waals surface area contributed by atoms with E-state index in [1.165, 1.54) is 0 Å². The van der Waals surface area contributed by atoms with E-state index in [-0.39, 0.29) is 59.1 Å². The fourth-order valence-corrected chi connectivity index (χ4v) is 10.3. The third-order valence-corrected chi connectivity index (χ3v) is 12.6. The lowest BCUT2D eigenvalue weighted by atomic mass is 9.43. The van der Waals surface area contributed by atoms with E-state index in [0.717, 1.165) is 12.8 Å². The smallest absolute Gasteiger partial charge is 0.186 e. The first-order valence-electron chi connectivity index (χ1n) is 13.6. The van der Waals surface area contributed by atoms with E-state index in [9.17, 15) is 20.1 Å². The van der Waals surface area contributed by atoms with Gasteiger partial charge in [0.2, 0.25) is 0 Å². The van der Waals surface area contributed by atoms with Crippen molar-refractivity contribution < 1.29 is 34.3 Å². The Hall–Kier alpha value is -0.830. The van der Waals surface area contributed by atoms with Gasteiger partial charge in [0.05, 0.1) is 23.7 Å². The van der Waals surface area contributed by atoms with Crippen LogP contribution in [0.3, 0.4) is 0 Å². The molecule has 0 unspecified atom stereocenters. The maximum atomic E-state index is 13.3. The van der Waals surface area contributed by atoms with E-state index < -0.39 is 34.6 Å². The summed E-state index contributed by atoms with van der Waals surface area (Å²) in [6, 6.07) is 0. The van der Waals surface area contributed by atoms with Gasteiger partial charge in [-0.05, 0) is 87.5 Å². The Bertz CT molecular complexity index is 1010. The number of epoxide rings is 2. The third-order valence-electron chi connectivity index (χ3n) is 12.6. The zero-order valence-electron chi connectivity index (χ0n) is 21.4. The fraction of sp³-hybridized carbons (Fsp3) is 0.893. The number of hydrogen-bond acceptors (Lipinski definition) is 7. The maximum Gasteiger partial charge on any atom is 0.186 e. The molecule has 3 saturated heterocycles. The van der Waals surface area contributed by atoms with Crippen LogP contribution in [0.25, 0.3) is 0 Å².